The Morgan fingerprint density at radius 1 is 1.59 bits per heavy atom. The Hall–Kier alpha value is -1.76. The van der Waals surface area contributed by atoms with Gasteiger partial charge < -0.3 is 10.2 Å². The van der Waals surface area contributed by atoms with Gasteiger partial charge in [-0.3, -0.25) is 10.1 Å². The lowest BCUT2D eigenvalue weighted by Gasteiger charge is -2.11. The summed E-state index contributed by atoms with van der Waals surface area (Å²) in [6, 6.07) is 0. The maximum atomic E-state index is 10.4. The van der Waals surface area contributed by atoms with Gasteiger partial charge in [-0.1, -0.05) is 0 Å². The topological polar surface area (TPSA) is 84.2 Å². The number of nitro groups is 1. The minimum Gasteiger partial charge on any atom is -0.354 e. The van der Waals surface area contributed by atoms with Crippen molar-refractivity contribution >= 4 is 11.6 Å². The summed E-state index contributed by atoms with van der Waals surface area (Å²) >= 11 is 0. The smallest absolute Gasteiger partial charge is 0.305 e. The van der Waals surface area contributed by atoms with Crippen molar-refractivity contribution in [2.45, 2.75) is 6.42 Å². The monoisotopic (exact) mass is 237 g/mol. The zero-order valence-corrected chi connectivity index (χ0v) is 9.67. The van der Waals surface area contributed by atoms with Gasteiger partial charge in [-0.15, -0.1) is 0 Å². The van der Waals surface area contributed by atoms with E-state index in [1.807, 2.05) is 0 Å². The lowest BCUT2D eigenvalue weighted by Crippen LogP contribution is -2.19. The molecule has 0 bridgehead atoms. The average Bonchev–Trinajstić information content (AvgIpc) is 2.73. The molecule has 0 aromatic carbocycles. The molecular weight excluding hydrogens is 222 g/mol. The third-order valence-corrected chi connectivity index (χ3v) is 2.89. The Bertz CT molecular complexity index is 394. The molecular formula is C10H15N5O2. The number of likely N-dealkylation sites (tertiary alicyclic amines) is 1. The summed E-state index contributed by atoms with van der Waals surface area (Å²) in [4.78, 5) is 20.0. The number of anilines is 1. The average molecular weight is 237 g/mol. The van der Waals surface area contributed by atoms with Crippen LogP contribution >= 0.6 is 0 Å². The van der Waals surface area contributed by atoms with Gasteiger partial charge in [-0.25, -0.2) is 9.97 Å². The molecule has 0 spiro atoms. The van der Waals surface area contributed by atoms with Crippen LogP contribution in [0.3, 0.4) is 0 Å². The van der Waals surface area contributed by atoms with Crippen molar-refractivity contribution in [1.82, 2.24) is 14.9 Å². The number of aromatic nitrogens is 2. The first-order chi connectivity index (χ1) is 8.15. The minimum atomic E-state index is -0.504. The summed E-state index contributed by atoms with van der Waals surface area (Å²) < 4.78 is 0. The van der Waals surface area contributed by atoms with E-state index >= 15 is 0 Å². The lowest BCUT2D eigenvalue weighted by atomic mass is 10.1. The fourth-order valence-electron chi connectivity index (χ4n) is 1.94. The Labute approximate surface area is 99.0 Å². The highest BCUT2D eigenvalue weighted by atomic mass is 16.6. The number of nitrogens with zero attached hydrogens (tertiary/aromatic N) is 4. The molecule has 1 fully saturated rings. The van der Waals surface area contributed by atoms with Crippen LogP contribution in [0, 0.1) is 16.0 Å². The molecule has 17 heavy (non-hydrogen) atoms. The van der Waals surface area contributed by atoms with Gasteiger partial charge in [0.2, 0.25) is 5.95 Å². The van der Waals surface area contributed by atoms with Gasteiger partial charge in [-0.05, 0) is 25.9 Å². The summed E-state index contributed by atoms with van der Waals surface area (Å²) in [6.45, 7) is 3.00. The highest BCUT2D eigenvalue weighted by molar-refractivity contribution is 5.30. The van der Waals surface area contributed by atoms with Crippen LogP contribution in [-0.4, -0.2) is 46.5 Å². The van der Waals surface area contributed by atoms with Gasteiger partial charge in [0, 0.05) is 13.1 Å². The minimum absolute atomic E-state index is 0.0869. The van der Waals surface area contributed by atoms with Crippen molar-refractivity contribution in [3.63, 3.8) is 0 Å². The van der Waals surface area contributed by atoms with Crippen molar-refractivity contribution in [3.8, 4) is 0 Å². The first kappa shape index (κ1) is 11.7. The molecule has 1 aromatic rings. The van der Waals surface area contributed by atoms with Gasteiger partial charge in [-0.2, -0.15) is 0 Å². The van der Waals surface area contributed by atoms with Crippen molar-refractivity contribution in [2.24, 2.45) is 5.92 Å². The molecule has 2 rings (SSSR count). The Balaban J connectivity index is 1.85. The molecule has 2 heterocycles. The molecule has 0 aliphatic carbocycles. The molecule has 1 N–H and O–H groups in total. The Morgan fingerprint density at radius 3 is 2.82 bits per heavy atom. The molecule has 7 nitrogen and oxygen atoms in total. The van der Waals surface area contributed by atoms with E-state index in [9.17, 15) is 10.1 Å². The molecule has 1 aliphatic heterocycles. The second kappa shape index (κ2) is 5.05. The van der Waals surface area contributed by atoms with Crippen LogP contribution < -0.4 is 5.32 Å². The highest BCUT2D eigenvalue weighted by Gasteiger charge is 2.19. The third kappa shape index (κ3) is 3.10. The van der Waals surface area contributed by atoms with Crippen LogP contribution in [0.4, 0.5) is 11.6 Å². The van der Waals surface area contributed by atoms with E-state index in [4.69, 9.17) is 0 Å². The van der Waals surface area contributed by atoms with Gasteiger partial charge in [0.15, 0.2) is 0 Å². The first-order valence-corrected chi connectivity index (χ1v) is 5.54. The van der Waals surface area contributed by atoms with Crippen LogP contribution in [0.1, 0.15) is 6.42 Å². The van der Waals surface area contributed by atoms with E-state index < -0.39 is 4.92 Å². The summed E-state index contributed by atoms with van der Waals surface area (Å²) in [5.74, 6) is 1.05. The van der Waals surface area contributed by atoms with Crippen molar-refractivity contribution in [2.75, 3.05) is 32.0 Å². The number of hydrogen-bond acceptors (Lipinski definition) is 6. The van der Waals surface area contributed by atoms with E-state index in [1.54, 1.807) is 0 Å². The van der Waals surface area contributed by atoms with E-state index in [0.29, 0.717) is 11.9 Å². The summed E-state index contributed by atoms with van der Waals surface area (Å²) in [7, 11) is 2.10. The number of rotatable bonds is 4. The summed E-state index contributed by atoms with van der Waals surface area (Å²) in [5, 5.41) is 13.5. The van der Waals surface area contributed by atoms with E-state index in [0.717, 1.165) is 26.1 Å². The largest absolute Gasteiger partial charge is 0.354 e. The van der Waals surface area contributed by atoms with Crippen molar-refractivity contribution in [3.05, 3.63) is 22.5 Å². The molecule has 0 amide bonds. The van der Waals surface area contributed by atoms with Gasteiger partial charge in [0.1, 0.15) is 12.4 Å². The summed E-state index contributed by atoms with van der Waals surface area (Å²) in [6.07, 6.45) is 3.60. The standard InChI is InChI=1S/C10H15N5O2/c1-14-3-2-8(7-14)4-11-10-12-5-9(6-13-10)15(16)17/h5-6,8H,2-4,7H2,1H3,(H,11,12,13). The van der Waals surface area contributed by atoms with Gasteiger partial charge in [0.25, 0.3) is 0 Å². The van der Waals surface area contributed by atoms with Crippen LogP contribution in [0.25, 0.3) is 0 Å². The molecule has 1 saturated heterocycles. The van der Waals surface area contributed by atoms with Crippen molar-refractivity contribution in [1.29, 1.82) is 0 Å². The first-order valence-electron chi connectivity index (χ1n) is 5.54. The summed E-state index contributed by atoms with van der Waals surface area (Å²) in [5.41, 5.74) is -0.0869. The SMILES string of the molecule is CN1CCC(CNc2ncc([N+](=O)[O-])cn2)C1. The molecule has 0 saturated carbocycles. The van der Waals surface area contributed by atoms with Crippen LogP contribution in [0.2, 0.25) is 0 Å². The number of hydrogen-bond donors (Lipinski definition) is 1. The second-order valence-electron chi connectivity index (χ2n) is 4.32. The van der Waals surface area contributed by atoms with Crippen LogP contribution in [0.15, 0.2) is 12.4 Å². The van der Waals surface area contributed by atoms with Gasteiger partial charge >= 0.3 is 5.69 Å². The van der Waals surface area contributed by atoms with E-state index in [2.05, 4.69) is 27.2 Å². The molecule has 1 aromatic heterocycles. The van der Waals surface area contributed by atoms with Crippen LogP contribution in [-0.2, 0) is 0 Å². The quantitative estimate of drug-likeness (QED) is 0.614. The maximum absolute atomic E-state index is 10.4. The predicted molar refractivity (Wildman–Crippen MR) is 62.8 cm³/mol. The molecule has 0 radical (unpaired) electrons. The highest BCUT2D eigenvalue weighted by Crippen LogP contribution is 2.15. The zero-order chi connectivity index (χ0) is 12.3. The fourth-order valence-corrected chi connectivity index (χ4v) is 1.94. The number of nitrogens with one attached hydrogen (secondary N) is 1. The third-order valence-electron chi connectivity index (χ3n) is 2.89. The molecule has 1 unspecified atom stereocenters. The van der Waals surface area contributed by atoms with E-state index in [1.165, 1.54) is 12.4 Å². The predicted octanol–water partition coefficient (Wildman–Crippen LogP) is 0.748. The molecule has 1 atom stereocenters. The maximum Gasteiger partial charge on any atom is 0.305 e. The van der Waals surface area contributed by atoms with Crippen LogP contribution in [0.5, 0.6) is 0 Å². The Morgan fingerprint density at radius 2 is 2.29 bits per heavy atom. The molecule has 1 aliphatic rings. The molecule has 7 heteroatoms. The fraction of sp³-hybridized carbons (Fsp3) is 0.600. The zero-order valence-electron chi connectivity index (χ0n) is 9.67. The normalized spacial score (nSPS) is 20.4. The van der Waals surface area contributed by atoms with E-state index in [-0.39, 0.29) is 5.69 Å². The second-order valence-corrected chi connectivity index (χ2v) is 4.32. The Kier molecular flexibility index (Phi) is 3.48. The molecule has 92 valence electrons. The van der Waals surface area contributed by atoms with Gasteiger partial charge in [0.05, 0.1) is 4.92 Å². The van der Waals surface area contributed by atoms with Crippen molar-refractivity contribution < 1.29 is 4.92 Å². The lowest BCUT2D eigenvalue weighted by molar-refractivity contribution is -0.385.